The summed E-state index contributed by atoms with van der Waals surface area (Å²) < 4.78 is 13.2. The van der Waals surface area contributed by atoms with Gasteiger partial charge < -0.3 is 5.32 Å². The van der Waals surface area contributed by atoms with E-state index in [2.05, 4.69) is 18.3 Å². The van der Waals surface area contributed by atoms with Crippen molar-refractivity contribution in [2.24, 2.45) is 5.92 Å². The molecule has 1 atom stereocenters. The largest absolute Gasteiger partial charge is 0.314 e. The van der Waals surface area contributed by atoms with Gasteiger partial charge in [0.15, 0.2) is 0 Å². The van der Waals surface area contributed by atoms with Crippen molar-refractivity contribution in [1.29, 1.82) is 0 Å². The lowest BCUT2D eigenvalue weighted by atomic mass is 9.99. The Hall–Kier alpha value is -0.890. The van der Waals surface area contributed by atoms with Crippen LogP contribution in [0.4, 0.5) is 4.39 Å². The van der Waals surface area contributed by atoms with E-state index < -0.39 is 0 Å². The summed E-state index contributed by atoms with van der Waals surface area (Å²) in [7, 11) is 0. The van der Waals surface area contributed by atoms with Crippen molar-refractivity contribution in [2.45, 2.75) is 39.2 Å². The summed E-state index contributed by atoms with van der Waals surface area (Å²) in [5, 5.41) is 3.51. The standard InChI is InChI=1S/C14H20FN/c1-10-5-12(8-13(15)7-10)6-11(2)9-16-14-3-4-14/h5,7-8,11,14,16H,3-4,6,9H2,1-2H3. The van der Waals surface area contributed by atoms with Crippen LogP contribution in [0.15, 0.2) is 18.2 Å². The second-order valence-electron chi connectivity index (χ2n) is 5.13. The minimum atomic E-state index is -0.114. The maximum absolute atomic E-state index is 13.2. The van der Waals surface area contributed by atoms with Crippen LogP contribution in [0.5, 0.6) is 0 Å². The summed E-state index contributed by atoms with van der Waals surface area (Å²) in [5.41, 5.74) is 2.12. The van der Waals surface area contributed by atoms with E-state index in [0.717, 1.165) is 30.1 Å². The van der Waals surface area contributed by atoms with E-state index in [4.69, 9.17) is 0 Å². The lowest BCUT2D eigenvalue weighted by Gasteiger charge is -2.12. The maximum atomic E-state index is 13.2. The van der Waals surface area contributed by atoms with Crippen molar-refractivity contribution in [1.82, 2.24) is 5.32 Å². The van der Waals surface area contributed by atoms with E-state index >= 15 is 0 Å². The molecule has 16 heavy (non-hydrogen) atoms. The van der Waals surface area contributed by atoms with Crippen molar-refractivity contribution in [3.8, 4) is 0 Å². The number of nitrogens with one attached hydrogen (secondary N) is 1. The fourth-order valence-corrected chi connectivity index (χ4v) is 2.06. The van der Waals surface area contributed by atoms with Gasteiger partial charge in [-0.1, -0.05) is 13.0 Å². The molecule has 0 aromatic heterocycles. The molecule has 0 saturated heterocycles. The van der Waals surface area contributed by atoms with Crippen LogP contribution >= 0.6 is 0 Å². The molecule has 1 aromatic carbocycles. The summed E-state index contributed by atoms with van der Waals surface area (Å²) in [6, 6.07) is 6.07. The minimum Gasteiger partial charge on any atom is -0.314 e. The zero-order valence-corrected chi connectivity index (χ0v) is 10.1. The first kappa shape index (κ1) is 11.6. The van der Waals surface area contributed by atoms with Crippen molar-refractivity contribution in [3.63, 3.8) is 0 Å². The molecule has 1 nitrogen and oxygen atoms in total. The van der Waals surface area contributed by atoms with Gasteiger partial charge in [0, 0.05) is 6.04 Å². The zero-order chi connectivity index (χ0) is 11.5. The lowest BCUT2D eigenvalue weighted by Crippen LogP contribution is -2.24. The van der Waals surface area contributed by atoms with Gasteiger partial charge in [-0.05, 0) is 61.9 Å². The minimum absolute atomic E-state index is 0.114. The van der Waals surface area contributed by atoms with Gasteiger partial charge >= 0.3 is 0 Å². The first-order valence-electron chi connectivity index (χ1n) is 6.13. The molecule has 1 saturated carbocycles. The monoisotopic (exact) mass is 221 g/mol. The first-order valence-corrected chi connectivity index (χ1v) is 6.13. The predicted octanol–water partition coefficient (Wildman–Crippen LogP) is 3.06. The number of hydrogen-bond donors (Lipinski definition) is 1. The molecule has 0 amide bonds. The molecule has 1 unspecified atom stereocenters. The molecular weight excluding hydrogens is 201 g/mol. The van der Waals surface area contributed by atoms with Gasteiger partial charge in [-0.15, -0.1) is 0 Å². The normalized spacial score (nSPS) is 17.4. The molecular formula is C14H20FN. The summed E-state index contributed by atoms with van der Waals surface area (Å²) >= 11 is 0. The van der Waals surface area contributed by atoms with Crippen LogP contribution in [0, 0.1) is 18.7 Å². The number of rotatable bonds is 5. The van der Waals surface area contributed by atoms with Crippen molar-refractivity contribution >= 4 is 0 Å². The predicted molar refractivity (Wildman–Crippen MR) is 65.0 cm³/mol. The second-order valence-corrected chi connectivity index (χ2v) is 5.13. The average molecular weight is 221 g/mol. The fraction of sp³-hybridized carbons (Fsp3) is 0.571. The molecule has 1 aliphatic carbocycles. The van der Waals surface area contributed by atoms with E-state index in [-0.39, 0.29) is 5.82 Å². The molecule has 1 N–H and O–H groups in total. The van der Waals surface area contributed by atoms with Crippen LogP contribution in [-0.2, 0) is 6.42 Å². The number of benzene rings is 1. The van der Waals surface area contributed by atoms with Crippen LogP contribution in [0.1, 0.15) is 30.9 Å². The van der Waals surface area contributed by atoms with Crippen LogP contribution < -0.4 is 5.32 Å². The molecule has 1 fully saturated rings. The van der Waals surface area contributed by atoms with Crippen LogP contribution in [0.2, 0.25) is 0 Å². The maximum Gasteiger partial charge on any atom is 0.123 e. The Bertz CT molecular complexity index is 338. The van der Waals surface area contributed by atoms with Crippen LogP contribution in [-0.4, -0.2) is 12.6 Å². The molecule has 0 radical (unpaired) electrons. The fourth-order valence-electron chi connectivity index (χ4n) is 2.06. The SMILES string of the molecule is Cc1cc(F)cc(CC(C)CNC2CC2)c1. The van der Waals surface area contributed by atoms with E-state index in [1.807, 2.05) is 6.92 Å². The van der Waals surface area contributed by atoms with Gasteiger partial charge in [0.1, 0.15) is 5.82 Å². The Balaban J connectivity index is 1.86. The zero-order valence-electron chi connectivity index (χ0n) is 10.1. The Morgan fingerprint density at radius 3 is 2.75 bits per heavy atom. The highest BCUT2D eigenvalue weighted by Crippen LogP contribution is 2.19. The number of halogens is 1. The van der Waals surface area contributed by atoms with Crippen molar-refractivity contribution in [3.05, 3.63) is 35.1 Å². The van der Waals surface area contributed by atoms with Crippen molar-refractivity contribution in [2.75, 3.05) is 6.54 Å². The summed E-state index contributed by atoms with van der Waals surface area (Å²) in [5.74, 6) is 0.458. The van der Waals surface area contributed by atoms with E-state index in [9.17, 15) is 4.39 Å². The van der Waals surface area contributed by atoms with Crippen LogP contribution in [0.3, 0.4) is 0 Å². The highest BCUT2D eigenvalue weighted by molar-refractivity contribution is 5.23. The summed E-state index contributed by atoms with van der Waals surface area (Å²) in [4.78, 5) is 0. The third kappa shape index (κ3) is 3.60. The molecule has 0 heterocycles. The molecule has 2 heteroatoms. The molecule has 0 spiro atoms. The quantitative estimate of drug-likeness (QED) is 0.805. The van der Waals surface area contributed by atoms with Gasteiger partial charge in [-0.3, -0.25) is 0 Å². The van der Waals surface area contributed by atoms with Crippen molar-refractivity contribution < 1.29 is 4.39 Å². The van der Waals surface area contributed by atoms with Gasteiger partial charge in [0.2, 0.25) is 0 Å². The molecule has 1 aromatic rings. The molecule has 1 aliphatic rings. The Labute approximate surface area is 97.1 Å². The molecule has 2 rings (SSSR count). The van der Waals surface area contributed by atoms with Gasteiger partial charge in [0.25, 0.3) is 0 Å². The van der Waals surface area contributed by atoms with Gasteiger partial charge in [-0.25, -0.2) is 4.39 Å². The smallest absolute Gasteiger partial charge is 0.123 e. The highest BCUT2D eigenvalue weighted by Gasteiger charge is 2.20. The first-order chi connectivity index (χ1) is 7.63. The van der Waals surface area contributed by atoms with Gasteiger partial charge in [-0.2, -0.15) is 0 Å². The number of hydrogen-bond acceptors (Lipinski definition) is 1. The lowest BCUT2D eigenvalue weighted by molar-refractivity contribution is 0.507. The topological polar surface area (TPSA) is 12.0 Å². The Kier molecular flexibility index (Phi) is 3.59. The molecule has 88 valence electrons. The summed E-state index contributed by atoms with van der Waals surface area (Å²) in [6.45, 7) is 5.20. The molecule has 0 bridgehead atoms. The van der Waals surface area contributed by atoms with E-state index in [1.54, 1.807) is 12.1 Å². The number of aryl methyl sites for hydroxylation is 1. The third-order valence-corrected chi connectivity index (χ3v) is 3.02. The molecule has 0 aliphatic heterocycles. The summed E-state index contributed by atoms with van der Waals surface area (Å²) in [6.07, 6.45) is 3.61. The van der Waals surface area contributed by atoms with Crippen LogP contribution in [0.25, 0.3) is 0 Å². The third-order valence-electron chi connectivity index (χ3n) is 3.02. The van der Waals surface area contributed by atoms with E-state index in [1.165, 1.54) is 12.8 Å². The second kappa shape index (κ2) is 4.96. The highest BCUT2D eigenvalue weighted by atomic mass is 19.1. The Morgan fingerprint density at radius 1 is 1.38 bits per heavy atom. The van der Waals surface area contributed by atoms with E-state index in [0.29, 0.717) is 5.92 Å². The Morgan fingerprint density at radius 2 is 2.12 bits per heavy atom. The van der Waals surface area contributed by atoms with Gasteiger partial charge in [0.05, 0.1) is 0 Å². The average Bonchev–Trinajstić information content (AvgIpc) is 2.96.